The predicted molar refractivity (Wildman–Crippen MR) is 96.1 cm³/mol. The molecular weight excluding hydrogens is 336 g/mol. The molecule has 1 aromatic heterocycles. The van der Waals surface area contributed by atoms with Gasteiger partial charge in [-0.2, -0.15) is 0 Å². The number of carbonyl (C=O) groups excluding carboxylic acids is 2. The van der Waals surface area contributed by atoms with Gasteiger partial charge < -0.3 is 19.4 Å². The van der Waals surface area contributed by atoms with Gasteiger partial charge in [-0.05, 0) is 37.5 Å². The van der Waals surface area contributed by atoms with Crippen LogP contribution in [0.4, 0.5) is 0 Å². The summed E-state index contributed by atoms with van der Waals surface area (Å²) in [5, 5.41) is 3.76. The normalized spacial score (nSPS) is 15.1. The Kier molecular flexibility index (Phi) is 5.25. The fourth-order valence-electron chi connectivity index (χ4n) is 3.15. The SMILES string of the molecule is CC(=O)N1CCC(NC(=O)COc2ccc3c(C)cc(=O)oc3c2)CC1. The lowest BCUT2D eigenvalue weighted by Gasteiger charge is -2.31. The zero-order valence-corrected chi connectivity index (χ0v) is 14.9. The molecule has 2 amide bonds. The van der Waals surface area contributed by atoms with Gasteiger partial charge in [-0.1, -0.05) is 0 Å². The first-order valence-corrected chi connectivity index (χ1v) is 8.64. The first-order valence-electron chi connectivity index (χ1n) is 8.64. The highest BCUT2D eigenvalue weighted by Gasteiger charge is 2.22. The molecule has 0 bridgehead atoms. The van der Waals surface area contributed by atoms with E-state index >= 15 is 0 Å². The molecule has 0 aliphatic carbocycles. The summed E-state index contributed by atoms with van der Waals surface area (Å²) in [6, 6.07) is 6.65. The van der Waals surface area contributed by atoms with Crippen molar-refractivity contribution in [2.75, 3.05) is 19.7 Å². The molecule has 2 aromatic rings. The van der Waals surface area contributed by atoms with Crippen molar-refractivity contribution in [1.29, 1.82) is 0 Å². The molecule has 7 heteroatoms. The standard InChI is InChI=1S/C19H22N2O5/c1-12-9-19(24)26-17-10-15(3-4-16(12)17)25-11-18(23)20-14-5-7-21(8-6-14)13(2)22/h3-4,9-10,14H,5-8,11H2,1-2H3,(H,20,23). The van der Waals surface area contributed by atoms with Gasteiger partial charge in [0.15, 0.2) is 6.61 Å². The molecule has 1 aromatic carbocycles. The third-order valence-electron chi connectivity index (χ3n) is 4.60. The number of ether oxygens (including phenoxy) is 1. The minimum atomic E-state index is -0.415. The van der Waals surface area contributed by atoms with Gasteiger partial charge in [0.1, 0.15) is 11.3 Å². The second kappa shape index (κ2) is 7.59. The highest BCUT2D eigenvalue weighted by molar-refractivity contribution is 5.82. The zero-order valence-electron chi connectivity index (χ0n) is 14.9. The van der Waals surface area contributed by atoms with Gasteiger partial charge in [-0.15, -0.1) is 0 Å². The van der Waals surface area contributed by atoms with Crippen molar-refractivity contribution in [2.45, 2.75) is 32.7 Å². The van der Waals surface area contributed by atoms with Crippen molar-refractivity contribution in [2.24, 2.45) is 0 Å². The number of rotatable bonds is 4. The molecule has 26 heavy (non-hydrogen) atoms. The molecule has 1 saturated heterocycles. The molecule has 0 radical (unpaired) electrons. The van der Waals surface area contributed by atoms with Crippen LogP contribution in [0.2, 0.25) is 0 Å². The molecular formula is C19H22N2O5. The number of likely N-dealkylation sites (tertiary alicyclic amines) is 1. The molecule has 0 unspecified atom stereocenters. The molecule has 1 aliphatic heterocycles. The van der Waals surface area contributed by atoms with E-state index in [1.54, 1.807) is 30.0 Å². The molecule has 0 saturated carbocycles. The first kappa shape index (κ1) is 18.0. The number of nitrogens with one attached hydrogen (secondary N) is 1. The van der Waals surface area contributed by atoms with Gasteiger partial charge in [0.05, 0.1) is 0 Å². The number of nitrogens with zero attached hydrogens (tertiary/aromatic N) is 1. The molecule has 1 aliphatic rings. The van der Waals surface area contributed by atoms with Crippen molar-refractivity contribution in [3.8, 4) is 5.75 Å². The Labute approximate surface area is 150 Å². The van der Waals surface area contributed by atoms with Crippen LogP contribution >= 0.6 is 0 Å². The van der Waals surface area contributed by atoms with Crippen molar-refractivity contribution in [3.05, 3.63) is 40.2 Å². The van der Waals surface area contributed by atoms with E-state index in [2.05, 4.69) is 5.32 Å². The Morgan fingerprint density at radius 2 is 2.00 bits per heavy atom. The summed E-state index contributed by atoms with van der Waals surface area (Å²) in [6.45, 7) is 4.59. The number of amides is 2. The molecule has 1 fully saturated rings. The Morgan fingerprint density at radius 1 is 1.27 bits per heavy atom. The van der Waals surface area contributed by atoms with Gasteiger partial charge in [-0.3, -0.25) is 9.59 Å². The smallest absolute Gasteiger partial charge is 0.336 e. The lowest BCUT2D eigenvalue weighted by atomic mass is 10.1. The third-order valence-corrected chi connectivity index (χ3v) is 4.60. The largest absolute Gasteiger partial charge is 0.484 e. The van der Waals surface area contributed by atoms with E-state index in [0.29, 0.717) is 24.4 Å². The minimum Gasteiger partial charge on any atom is -0.484 e. The Bertz CT molecular complexity index is 881. The quantitative estimate of drug-likeness (QED) is 0.839. The maximum Gasteiger partial charge on any atom is 0.336 e. The maximum atomic E-state index is 12.1. The van der Waals surface area contributed by atoms with E-state index in [1.165, 1.54) is 6.07 Å². The number of benzene rings is 1. The summed E-state index contributed by atoms with van der Waals surface area (Å²) in [5.74, 6) is 0.321. The van der Waals surface area contributed by atoms with Crippen LogP contribution < -0.4 is 15.7 Å². The van der Waals surface area contributed by atoms with Gasteiger partial charge in [-0.25, -0.2) is 4.79 Å². The highest BCUT2D eigenvalue weighted by atomic mass is 16.5. The van der Waals surface area contributed by atoms with Crippen LogP contribution in [0.5, 0.6) is 5.75 Å². The van der Waals surface area contributed by atoms with E-state index in [9.17, 15) is 14.4 Å². The second-order valence-corrected chi connectivity index (χ2v) is 6.54. The Morgan fingerprint density at radius 3 is 2.69 bits per heavy atom. The molecule has 2 heterocycles. The first-order chi connectivity index (χ1) is 12.4. The van der Waals surface area contributed by atoms with E-state index < -0.39 is 5.63 Å². The summed E-state index contributed by atoms with van der Waals surface area (Å²) in [5.41, 5.74) is 0.851. The lowest BCUT2D eigenvalue weighted by molar-refractivity contribution is -0.130. The number of hydrogen-bond acceptors (Lipinski definition) is 5. The molecule has 138 valence electrons. The van der Waals surface area contributed by atoms with Crippen LogP contribution in [0, 0.1) is 6.92 Å². The van der Waals surface area contributed by atoms with E-state index in [-0.39, 0.29) is 24.5 Å². The number of fused-ring (bicyclic) bond motifs is 1. The summed E-state index contributed by atoms with van der Waals surface area (Å²) in [6.07, 6.45) is 1.48. The van der Waals surface area contributed by atoms with Gasteiger partial charge in [0.25, 0.3) is 5.91 Å². The third kappa shape index (κ3) is 4.22. The highest BCUT2D eigenvalue weighted by Crippen LogP contribution is 2.22. The number of hydrogen-bond donors (Lipinski definition) is 1. The van der Waals surface area contributed by atoms with E-state index in [4.69, 9.17) is 9.15 Å². The average molecular weight is 358 g/mol. The summed E-state index contributed by atoms with van der Waals surface area (Å²) in [4.78, 5) is 36.6. The van der Waals surface area contributed by atoms with E-state index in [0.717, 1.165) is 23.8 Å². The summed E-state index contributed by atoms with van der Waals surface area (Å²) >= 11 is 0. The van der Waals surface area contributed by atoms with Crippen molar-refractivity contribution >= 4 is 22.8 Å². The molecule has 0 spiro atoms. The van der Waals surface area contributed by atoms with Crippen molar-refractivity contribution in [3.63, 3.8) is 0 Å². The fraction of sp³-hybridized carbons (Fsp3) is 0.421. The second-order valence-electron chi connectivity index (χ2n) is 6.54. The fourth-order valence-corrected chi connectivity index (χ4v) is 3.15. The van der Waals surface area contributed by atoms with E-state index in [1.807, 2.05) is 6.92 Å². The van der Waals surface area contributed by atoms with Gasteiger partial charge in [0, 0.05) is 43.6 Å². The Balaban J connectivity index is 1.54. The number of carbonyl (C=O) groups is 2. The van der Waals surface area contributed by atoms with Crippen LogP contribution in [0.1, 0.15) is 25.3 Å². The minimum absolute atomic E-state index is 0.0546. The van der Waals surface area contributed by atoms with Gasteiger partial charge >= 0.3 is 5.63 Å². The molecule has 3 rings (SSSR count). The number of piperidine rings is 1. The van der Waals surface area contributed by atoms with Crippen LogP contribution in [0.3, 0.4) is 0 Å². The average Bonchev–Trinajstić information content (AvgIpc) is 2.60. The lowest BCUT2D eigenvalue weighted by Crippen LogP contribution is -2.47. The Hall–Kier alpha value is -2.83. The monoisotopic (exact) mass is 358 g/mol. The number of aryl methyl sites for hydroxylation is 1. The van der Waals surface area contributed by atoms with Gasteiger partial charge in [0.2, 0.25) is 5.91 Å². The maximum absolute atomic E-state index is 12.1. The predicted octanol–water partition coefficient (Wildman–Crippen LogP) is 1.61. The van der Waals surface area contributed by atoms with Crippen LogP contribution in [-0.4, -0.2) is 42.5 Å². The van der Waals surface area contributed by atoms with Crippen molar-refractivity contribution < 1.29 is 18.7 Å². The van der Waals surface area contributed by atoms with Crippen LogP contribution in [0.25, 0.3) is 11.0 Å². The zero-order chi connectivity index (χ0) is 18.7. The van der Waals surface area contributed by atoms with Crippen LogP contribution in [-0.2, 0) is 9.59 Å². The molecule has 7 nitrogen and oxygen atoms in total. The van der Waals surface area contributed by atoms with Crippen LogP contribution in [0.15, 0.2) is 33.5 Å². The molecule has 1 N–H and O–H groups in total. The topological polar surface area (TPSA) is 88.9 Å². The summed E-state index contributed by atoms with van der Waals surface area (Å²) < 4.78 is 10.7. The van der Waals surface area contributed by atoms with Crippen molar-refractivity contribution in [1.82, 2.24) is 10.2 Å². The molecule has 0 atom stereocenters. The summed E-state index contributed by atoms with van der Waals surface area (Å²) in [7, 11) is 0.